The van der Waals surface area contributed by atoms with Gasteiger partial charge in [0.15, 0.2) is 0 Å². The number of hydrogen-bond donors (Lipinski definition) is 2. The molecule has 0 aliphatic carbocycles. The molecule has 1 aromatic carbocycles. The summed E-state index contributed by atoms with van der Waals surface area (Å²) in [6, 6.07) is 9.62. The molecule has 0 aliphatic rings. The number of carbonyl (C=O) groups excluding carboxylic acids is 1. The lowest BCUT2D eigenvalue weighted by molar-refractivity contribution is 0.0944. The molecular formula is C17H20BrN3O. The zero-order valence-electron chi connectivity index (χ0n) is 13.0. The van der Waals surface area contributed by atoms with Crippen molar-refractivity contribution in [2.24, 2.45) is 5.92 Å². The minimum Gasteiger partial charge on any atom is -0.354 e. The summed E-state index contributed by atoms with van der Waals surface area (Å²) in [5.74, 6) is 0.283. The lowest BCUT2D eigenvalue weighted by Crippen LogP contribution is -2.27. The summed E-state index contributed by atoms with van der Waals surface area (Å²) in [5, 5.41) is 6.13. The van der Waals surface area contributed by atoms with E-state index in [4.69, 9.17) is 0 Å². The van der Waals surface area contributed by atoms with Gasteiger partial charge in [0.05, 0.1) is 11.9 Å². The third-order valence-electron chi connectivity index (χ3n) is 3.11. The molecule has 1 heterocycles. The molecule has 1 aromatic heterocycles. The number of aromatic nitrogens is 1. The highest BCUT2D eigenvalue weighted by molar-refractivity contribution is 9.10. The number of halogens is 1. The molecule has 0 atom stereocenters. The SMILES string of the molecule is Cc1cc(Nc2ccc(C(=O)NCC(C)C)nc2)ccc1Br. The van der Waals surface area contributed by atoms with Crippen molar-refractivity contribution in [3.63, 3.8) is 0 Å². The fourth-order valence-corrected chi connectivity index (χ4v) is 2.13. The lowest BCUT2D eigenvalue weighted by Gasteiger charge is -2.09. The average Bonchev–Trinajstić information content (AvgIpc) is 2.49. The predicted molar refractivity (Wildman–Crippen MR) is 93.6 cm³/mol. The summed E-state index contributed by atoms with van der Waals surface area (Å²) in [4.78, 5) is 16.1. The molecule has 0 saturated carbocycles. The van der Waals surface area contributed by atoms with Crippen LogP contribution < -0.4 is 10.6 Å². The maximum atomic E-state index is 11.9. The lowest BCUT2D eigenvalue weighted by atomic mass is 10.2. The molecule has 1 amide bonds. The third-order valence-corrected chi connectivity index (χ3v) is 4.00. The molecule has 2 N–H and O–H groups in total. The number of rotatable bonds is 5. The van der Waals surface area contributed by atoms with Crippen molar-refractivity contribution in [1.82, 2.24) is 10.3 Å². The maximum Gasteiger partial charge on any atom is 0.269 e. The second kappa shape index (κ2) is 7.40. The first-order valence-corrected chi connectivity index (χ1v) is 8.02. The van der Waals surface area contributed by atoms with Crippen LogP contribution in [0.25, 0.3) is 0 Å². The Kier molecular flexibility index (Phi) is 5.55. The van der Waals surface area contributed by atoms with Crippen LogP contribution in [0.1, 0.15) is 29.9 Å². The van der Waals surface area contributed by atoms with Crippen LogP contribution in [0.2, 0.25) is 0 Å². The number of carbonyl (C=O) groups is 1. The Labute approximate surface area is 139 Å². The summed E-state index contributed by atoms with van der Waals surface area (Å²) >= 11 is 3.48. The van der Waals surface area contributed by atoms with Gasteiger partial charge in [-0.2, -0.15) is 0 Å². The molecule has 0 unspecified atom stereocenters. The van der Waals surface area contributed by atoms with E-state index in [1.54, 1.807) is 12.3 Å². The van der Waals surface area contributed by atoms with Crippen molar-refractivity contribution in [2.75, 3.05) is 11.9 Å². The Hall–Kier alpha value is -1.88. The second-order valence-electron chi connectivity index (χ2n) is 5.62. The van der Waals surface area contributed by atoms with Crippen molar-refractivity contribution >= 4 is 33.2 Å². The van der Waals surface area contributed by atoms with Gasteiger partial charge in [-0.15, -0.1) is 0 Å². The van der Waals surface area contributed by atoms with Gasteiger partial charge in [0.2, 0.25) is 0 Å². The van der Waals surface area contributed by atoms with Gasteiger partial charge >= 0.3 is 0 Å². The largest absolute Gasteiger partial charge is 0.354 e. The first-order valence-electron chi connectivity index (χ1n) is 7.23. The van der Waals surface area contributed by atoms with Crippen LogP contribution in [-0.2, 0) is 0 Å². The Bertz CT molecular complexity index is 653. The van der Waals surface area contributed by atoms with Gasteiger partial charge in [-0.1, -0.05) is 29.8 Å². The van der Waals surface area contributed by atoms with Gasteiger partial charge in [0, 0.05) is 16.7 Å². The van der Waals surface area contributed by atoms with Crippen LogP contribution in [0, 0.1) is 12.8 Å². The van der Waals surface area contributed by atoms with Gasteiger partial charge < -0.3 is 10.6 Å². The Morgan fingerprint density at radius 3 is 2.55 bits per heavy atom. The molecule has 0 fully saturated rings. The van der Waals surface area contributed by atoms with E-state index in [-0.39, 0.29) is 5.91 Å². The molecule has 22 heavy (non-hydrogen) atoms. The summed E-state index contributed by atoms with van der Waals surface area (Å²) < 4.78 is 1.08. The van der Waals surface area contributed by atoms with Crippen LogP contribution >= 0.6 is 15.9 Å². The van der Waals surface area contributed by atoms with E-state index in [9.17, 15) is 4.79 Å². The average molecular weight is 362 g/mol. The van der Waals surface area contributed by atoms with Crippen molar-refractivity contribution in [2.45, 2.75) is 20.8 Å². The summed E-state index contributed by atoms with van der Waals surface area (Å²) in [6.45, 7) is 6.80. The highest BCUT2D eigenvalue weighted by Crippen LogP contribution is 2.22. The molecule has 0 radical (unpaired) electrons. The first kappa shape index (κ1) is 16.5. The summed E-state index contributed by atoms with van der Waals surface area (Å²) in [7, 11) is 0. The molecule has 0 spiro atoms. The molecule has 2 rings (SSSR count). The highest BCUT2D eigenvalue weighted by Gasteiger charge is 2.07. The summed E-state index contributed by atoms with van der Waals surface area (Å²) in [5.41, 5.74) is 3.42. The van der Waals surface area contributed by atoms with Crippen LogP contribution in [0.3, 0.4) is 0 Å². The van der Waals surface area contributed by atoms with E-state index in [1.807, 2.05) is 31.2 Å². The van der Waals surface area contributed by atoms with Crippen molar-refractivity contribution < 1.29 is 4.79 Å². The minimum atomic E-state index is -0.139. The standard InChI is InChI=1S/C17H20BrN3O/c1-11(2)9-20-17(22)16-7-5-14(10-19-16)21-13-4-6-15(18)12(3)8-13/h4-8,10-11,21H,9H2,1-3H3,(H,20,22). The molecule has 5 heteroatoms. The number of anilines is 2. The zero-order valence-corrected chi connectivity index (χ0v) is 14.6. The van der Waals surface area contributed by atoms with E-state index < -0.39 is 0 Å². The Morgan fingerprint density at radius 1 is 1.23 bits per heavy atom. The molecule has 0 aliphatic heterocycles. The number of pyridine rings is 1. The van der Waals surface area contributed by atoms with Gasteiger partial charge in [0.25, 0.3) is 5.91 Å². The Balaban J connectivity index is 2.02. The fourth-order valence-electron chi connectivity index (χ4n) is 1.88. The van der Waals surface area contributed by atoms with Gasteiger partial charge in [-0.25, -0.2) is 4.98 Å². The monoisotopic (exact) mass is 361 g/mol. The number of amides is 1. The number of aryl methyl sites for hydroxylation is 1. The van der Waals surface area contributed by atoms with Gasteiger partial charge in [0.1, 0.15) is 5.69 Å². The second-order valence-corrected chi connectivity index (χ2v) is 6.48. The number of benzene rings is 1. The molecule has 116 valence electrons. The first-order chi connectivity index (χ1) is 10.5. The maximum absolute atomic E-state index is 11.9. The predicted octanol–water partition coefficient (Wildman–Crippen LogP) is 4.28. The molecular weight excluding hydrogens is 342 g/mol. The molecule has 4 nitrogen and oxygen atoms in total. The smallest absolute Gasteiger partial charge is 0.269 e. The summed E-state index contributed by atoms with van der Waals surface area (Å²) in [6.07, 6.45) is 1.67. The van der Waals surface area contributed by atoms with Crippen LogP contribution in [0.5, 0.6) is 0 Å². The number of hydrogen-bond acceptors (Lipinski definition) is 3. The Morgan fingerprint density at radius 2 is 1.95 bits per heavy atom. The zero-order chi connectivity index (χ0) is 16.1. The van der Waals surface area contributed by atoms with Crippen molar-refractivity contribution in [3.8, 4) is 0 Å². The number of nitrogens with one attached hydrogen (secondary N) is 2. The third kappa shape index (κ3) is 4.56. The molecule has 0 saturated heterocycles. The minimum absolute atomic E-state index is 0.139. The van der Waals surface area contributed by atoms with Crippen LogP contribution in [0.4, 0.5) is 11.4 Å². The van der Waals surface area contributed by atoms with E-state index in [1.165, 1.54) is 0 Å². The topological polar surface area (TPSA) is 54.0 Å². The van der Waals surface area contributed by atoms with E-state index in [2.05, 4.69) is 45.4 Å². The molecule has 0 bridgehead atoms. The number of nitrogens with zero attached hydrogens (tertiary/aromatic N) is 1. The van der Waals surface area contributed by atoms with E-state index in [0.29, 0.717) is 18.2 Å². The molecule has 2 aromatic rings. The van der Waals surface area contributed by atoms with Crippen LogP contribution in [-0.4, -0.2) is 17.4 Å². The van der Waals surface area contributed by atoms with E-state index >= 15 is 0 Å². The fraction of sp³-hybridized carbons (Fsp3) is 0.294. The van der Waals surface area contributed by atoms with Gasteiger partial charge in [-0.05, 0) is 48.7 Å². The van der Waals surface area contributed by atoms with E-state index in [0.717, 1.165) is 21.4 Å². The van der Waals surface area contributed by atoms with Crippen LogP contribution in [0.15, 0.2) is 41.0 Å². The highest BCUT2D eigenvalue weighted by atomic mass is 79.9. The van der Waals surface area contributed by atoms with Gasteiger partial charge in [-0.3, -0.25) is 4.79 Å². The van der Waals surface area contributed by atoms with Crippen molar-refractivity contribution in [1.29, 1.82) is 0 Å². The quantitative estimate of drug-likeness (QED) is 0.835. The normalized spacial score (nSPS) is 10.6. The van der Waals surface area contributed by atoms with Crippen molar-refractivity contribution in [3.05, 3.63) is 52.3 Å².